The Morgan fingerprint density at radius 2 is 1.63 bits per heavy atom. The highest BCUT2D eigenvalue weighted by Crippen LogP contribution is 2.32. The van der Waals surface area contributed by atoms with Crippen LogP contribution in [0.5, 0.6) is 0 Å². The highest BCUT2D eigenvalue weighted by molar-refractivity contribution is 9.09. The van der Waals surface area contributed by atoms with Crippen molar-refractivity contribution in [3.05, 3.63) is 71.3 Å². The fraction of sp³-hybridized carbons (Fsp3) is 0.188. The standard InChI is InChI=1S/C16H14BrClO/c1-11-7-9-12(10-8-11)14(17)15(18)16(19)13-5-3-2-4-6-13/h2-10,14-15H,1H3/t14-,15+/m0/s1. The molecule has 3 heteroatoms. The lowest BCUT2D eigenvalue weighted by Gasteiger charge is -2.16. The molecule has 0 fully saturated rings. The van der Waals surface area contributed by atoms with Gasteiger partial charge in [-0.15, -0.1) is 11.6 Å². The van der Waals surface area contributed by atoms with Crippen molar-refractivity contribution in [1.82, 2.24) is 0 Å². The summed E-state index contributed by atoms with van der Waals surface area (Å²) in [7, 11) is 0. The lowest BCUT2D eigenvalue weighted by molar-refractivity contribution is 0.0986. The molecule has 0 aliphatic rings. The average Bonchev–Trinajstić information content (AvgIpc) is 2.46. The van der Waals surface area contributed by atoms with E-state index in [1.54, 1.807) is 12.1 Å². The first-order valence-electron chi connectivity index (χ1n) is 6.03. The number of Topliss-reactive ketones (excluding diaryl/α,β-unsaturated/α-hetero) is 1. The predicted octanol–water partition coefficient (Wildman–Crippen LogP) is 4.92. The number of halogens is 2. The van der Waals surface area contributed by atoms with E-state index in [4.69, 9.17) is 11.6 Å². The number of benzene rings is 2. The van der Waals surface area contributed by atoms with Crippen molar-refractivity contribution in [2.24, 2.45) is 0 Å². The van der Waals surface area contributed by atoms with Crippen LogP contribution in [0, 0.1) is 6.92 Å². The summed E-state index contributed by atoms with van der Waals surface area (Å²) in [6, 6.07) is 17.1. The Morgan fingerprint density at radius 3 is 2.21 bits per heavy atom. The van der Waals surface area contributed by atoms with Gasteiger partial charge in [-0.2, -0.15) is 0 Å². The van der Waals surface area contributed by atoms with Crippen molar-refractivity contribution in [2.45, 2.75) is 17.1 Å². The SMILES string of the molecule is Cc1ccc([C@H](Br)[C@@H](Cl)C(=O)c2ccccc2)cc1. The maximum atomic E-state index is 12.3. The molecule has 2 aromatic carbocycles. The highest BCUT2D eigenvalue weighted by atomic mass is 79.9. The number of ketones is 1. The minimum absolute atomic E-state index is 0.0651. The van der Waals surface area contributed by atoms with Crippen molar-refractivity contribution >= 4 is 33.3 Å². The average molecular weight is 338 g/mol. The second-order valence-corrected chi connectivity index (χ2v) is 5.90. The van der Waals surface area contributed by atoms with Crippen molar-refractivity contribution < 1.29 is 4.79 Å². The molecule has 1 nitrogen and oxygen atoms in total. The fourth-order valence-electron chi connectivity index (χ4n) is 1.81. The van der Waals surface area contributed by atoms with E-state index in [-0.39, 0.29) is 10.6 Å². The number of hydrogen-bond donors (Lipinski definition) is 0. The summed E-state index contributed by atoms with van der Waals surface area (Å²) in [6.07, 6.45) is 0. The Balaban J connectivity index is 2.17. The van der Waals surface area contributed by atoms with Crippen LogP contribution in [0.1, 0.15) is 26.3 Å². The molecule has 0 aromatic heterocycles. The first-order valence-corrected chi connectivity index (χ1v) is 7.39. The van der Waals surface area contributed by atoms with Crippen LogP contribution < -0.4 is 0 Å². The molecule has 0 saturated carbocycles. The molecule has 0 unspecified atom stereocenters. The summed E-state index contributed by atoms with van der Waals surface area (Å²) in [5.41, 5.74) is 2.83. The van der Waals surface area contributed by atoms with Crippen LogP contribution in [0.15, 0.2) is 54.6 Å². The number of rotatable bonds is 4. The number of aryl methyl sites for hydroxylation is 1. The van der Waals surface area contributed by atoms with Crippen LogP contribution in [0.4, 0.5) is 0 Å². The molecule has 2 aromatic rings. The Morgan fingerprint density at radius 1 is 1.05 bits per heavy atom. The van der Waals surface area contributed by atoms with Crippen molar-refractivity contribution in [2.75, 3.05) is 0 Å². The third kappa shape index (κ3) is 3.46. The molecule has 0 aliphatic carbocycles. The third-order valence-corrected chi connectivity index (χ3v) is 4.77. The van der Waals surface area contributed by atoms with Crippen LogP contribution in [0.2, 0.25) is 0 Å². The minimum Gasteiger partial charge on any atom is -0.292 e. The van der Waals surface area contributed by atoms with E-state index < -0.39 is 5.38 Å². The van der Waals surface area contributed by atoms with E-state index in [1.165, 1.54) is 5.56 Å². The van der Waals surface area contributed by atoms with Crippen LogP contribution in [-0.4, -0.2) is 11.2 Å². The summed E-state index contributed by atoms with van der Waals surface area (Å²) >= 11 is 9.82. The second kappa shape index (κ2) is 6.36. The molecular formula is C16H14BrClO. The lowest BCUT2D eigenvalue weighted by atomic mass is 10.0. The van der Waals surface area contributed by atoms with Crippen LogP contribution >= 0.6 is 27.5 Å². The number of carbonyl (C=O) groups is 1. The van der Waals surface area contributed by atoms with E-state index in [0.717, 1.165) is 5.56 Å². The van der Waals surface area contributed by atoms with Gasteiger partial charge >= 0.3 is 0 Å². The van der Waals surface area contributed by atoms with Gasteiger partial charge in [0.05, 0.1) is 4.83 Å². The van der Waals surface area contributed by atoms with Gasteiger partial charge in [0.25, 0.3) is 0 Å². The summed E-state index contributed by atoms with van der Waals surface area (Å²) in [6.45, 7) is 2.03. The van der Waals surface area contributed by atoms with Gasteiger partial charge in [0.15, 0.2) is 5.78 Å². The molecule has 0 amide bonds. The molecule has 0 radical (unpaired) electrons. The molecule has 0 aliphatic heterocycles. The van der Waals surface area contributed by atoms with Gasteiger partial charge in [-0.05, 0) is 12.5 Å². The zero-order chi connectivity index (χ0) is 13.8. The summed E-state index contributed by atoms with van der Waals surface area (Å²) < 4.78 is 0. The maximum absolute atomic E-state index is 12.3. The van der Waals surface area contributed by atoms with E-state index in [2.05, 4.69) is 15.9 Å². The Labute approximate surface area is 126 Å². The Hall–Kier alpha value is -1.12. The van der Waals surface area contributed by atoms with Gasteiger partial charge in [0.1, 0.15) is 5.38 Å². The molecule has 98 valence electrons. The molecule has 19 heavy (non-hydrogen) atoms. The van der Waals surface area contributed by atoms with E-state index in [1.807, 2.05) is 49.4 Å². The number of alkyl halides is 2. The zero-order valence-electron chi connectivity index (χ0n) is 10.5. The van der Waals surface area contributed by atoms with Crippen molar-refractivity contribution in [3.8, 4) is 0 Å². The van der Waals surface area contributed by atoms with E-state index in [0.29, 0.717) is 5.56 Å². The predicted molar refractivity (Wildman–Crippen MR) is 83.3 cm³/mol. The number of carbonyl (C=O) groups excluding carboxylic acids is 1. The normalized spacial score (nSPS) is 13.8. The Bertz CT molecular complexity index is 551. The maximum Gasteiger partial charge on any atom is 0.182 e. The molecule has 0 N–H and O–H groups in total. The summed E-state index contributed by atoms with van der Waals surface area (Å²) in [5, 5.41) is -0.620. The first-order chi connectivity index (χ1) is 9.09. The molecular weight excluding hydrogens is 324 g/mol. The highest BCUT2D eigenvalue weighted by Gasteiger charge is 2.26. The second-order valence-electron chi connectivity index (χ2n) is 4.44. The van der Waals surface area contributed by atoms with Gasteiger partial charge in [-0.1, -0.05) is 76.1 Å². The lowest BCUT2D eigenvalue weighted by Crippen LogP contribution is -2.19. The van der Waals surface area contributed by atoms with Gasteiger partial charge in [-0.3, -0.25) is 4.79 Å². The van der Waals surface area contributed by atoms with Crippen molar-refractivity contribution in [3.63, 3.8) is 0 Å². The summed E-state index contributed by atoms with van der Waals surface area (Å²) in [5.74, 6) is -0.0651. The topological polar surface area (TPSA) is 17.1 Å². The van der Waals surface area contributed by atoms with Crippen molar-refractivity contribution in [1.29, 1.82) is 0 Å². The van der Waals surface area contributed by atoms with Gasteiger partial charge in [-0.25, -0.2) is 0 Å². The van der Waals surface area contributed by atoms with Crippen LogP contribution in [-0.2, 0) is 0 Å². The monoisotopic (exact) mass is 336 g/mol. The fourth-order valence-corrected chi connectivity index (χ4v) is 2.63. The molecule has 2 atom stereocenters. The van der Waals surface area contributed by atoms with Crippen LogP contribution in [0.3, 0.4) is 0 Å². The smallest absolute Gasteiger partial charge is 0.182 e. The quantitative estimate of drug-likeness (QED) is 0.571. The molecule has 0 saturated heterocycles. The minimum atomic E-state index is -0.620. The van der Waals surface area contributed by atoms with Gasteiger partial charge in [0, 0.05) is 5.56 Å². The number of hydrogen-bond acceptors (Lipinski definition) is 1. The summed E-state index contributed by atoms with van der Waals surface area (Å²) in [4.78, 5) is 12.1. The first kappa shape index (κ1) is 14.3. The molecule has 2 rings (SSSR count). The zero-order valence-corrected chi connectivity index (χ0v) is 12.9. The largest absolute Gasteiger partial charge is 0.292 e. The van der Waals surface area contributed by atoms with Crippen LogP contribution in [0.25, 0.3) is 0 Å². The molecule has 0 spiro atoms. The van der Waals surface area contributed by atoms with E-state index in [9.17, 15) is 4.79 Å². The molecule has 0 heterocycles. The van der Waals surface area contributed by atoms with Gasteiger partial charge in [0.2, 0.25) is 0 Å². The third-order valence-electron chi connectivity index (χ3n) is 2.96. The molecule has 0 bridgehead atoms. The van der Waals surface area contributed by atoms with E-state index >= 15 is 0 Å². The van der Waals surface area contributed by atoms with Gasteiger partial charge < -0.3 is 0 Å². The Kier molecular flexibility index (Phi) is 4.78.